The summed E-state index contributed by atoms with van der Waals surface area (Å²) < 4.78 is 1.06. The van der Waals surface area contributed by atoms with Crippen molar-refractivity contribution in [3.05, 3.63) is 23.2 Å². The maximum absolute atomic E-state index is 12.6. The molecule has 3 saturated heterocycles. The van der Waals surface area contributed by atoms with Crippen LogP contribution in [0.5, 0.6) is 0 Å². The molecule has 0 saturated carbocycles. The van der Waals surface area contributed by atoms with Crippen LogP contribution in [0.2, 0.25) is 5.02 Å². The van der Waals surface area contributed by atoms with Crippen LogP contribution in [-0.4, -0.2) is 46.9 Å². The van der Waals surface area contributed by atoms with E-state index < -0.39 is 6.04 Å². The molecule has 27 heavy (non-hydrogen) atoms. The minimum atomic E-state index is -0.495. The number of nitrogens with zero attached hydrogens (tertiary/aromatic N) is 3. The van der Waals surface area contributed by atoms with Crippen molar-refractivity contribution in [1.82, 2.24) is 9.88 Å². The lowest BCUT2D eigenvalue weighted by Crippen LogP contribution is -2.68. The number of primary amides is 1. The van der Waals surface area contributed by atoms with Gasteiger partial charge in [0.2, 0.25) is 11.8 Å². The number of carbonyl (C=O) groups excluding carboxylic acids is 2. The molecule has 2 N–H and O–H groups in total. The molecule has 0 spiro atoms. The Labute approximate surface area is 166 Å². The van der Waals surface area contributed by atoms with Gasteiger partial charge in [-0.15, -0.1) is 0 Å². The minimum Gasteiger partial charge on any atom is -0.368 e. The van der Waals surface area contributed by atoms with Gasteiger partial charge in [0.25, 0.3) is 0 Å². The van der Waals surface area contributed by atoms with Gasteiger partial charge in [0, 0.05) is 36.5 Å². The molecule has 6 nitrogen and oxygen atoms in total. The molecule has 2 amide bonds. The van der Waals surface area contributed by atoms with Crippen molar-refractivity contribution in [2.24, 2.45) is 17.6 Å². The van der Waals surface area contributed by atoms with Crippen LogP contribution in [0.3, 0.4) is 0 Å². The number of piperidine rings is 3. The van der Waals surface area contributed by atoms with E-state index in [4.69, 9.17) is 22.3 Å². The van der Waals surface area contributed by atoms with Crippen molar-refractivity contribution >= 4 is 50.1 Å². The molecule has 3 aliphatic heterocycles. The highest BCUT2D eigenvalue weighted by Crippen LogP contribution is 2.43. The van der Waals surface area contributed by atoms with E-state index in [1.807, 2.05) is 23.1 Å². The molecule has 3 aliphatic rings. The first-order chi connectivity index (χ1) is 13.0. The molecule has 2 aromatic rings. The Morgan fingerprint density at radius 2 is 2.11 bits per heavy atom. The van der Waals surface area contributed by atoms with E-state index in [1.54, 1.807) is 11.3 Å². The third-order valence-corrected chi connectivity index (χ3v) is 7.56. The Morgan fingerprint density at radius 1 is 1.30 bits per heavy atom. The molecule has 4 heterocycles. The fourth-order valence-electron chi connectivity index (χ4n) is 5.20. The first-order valence-corrected chi connectivity index (χ1v) is 10.6. The van der Waals surface area contributed by atoms with E-state index in [9.17, 15) is 9.59 Å². The van der Waals surface area contributed by atoms with Crippen LogP contribution in [-0.2, 0) is 9.59 Å². The molecule has 3 fully saturated rings. The summed E-state index contributed by atoms with van der Waals surface area (Å²) in [5.41, 5.74) is 6.70. The van der Waals surface area contributed by atoms with E-state index in [1.165, 1.54) is 0 Å². The summed E-state index contributed by atoms with van der Waals surface area (Å²) >= 11 is 7.74. The summed E-state index contributed by atoms with van der Waals surface area (Å²) in [5, 5.41) is 1.67. The van der Waals surface area contributed by atoms with Crippen LogP contribution in [0.25, 0.3) is 10.2 Å². The van der Waals surface area contributed by atoms with Crippen LogP contribution in [0.15, 0.2) is 18.2 Å². The standard InChI is InChI=1S/C19H21ClN4O2S/c20-12-4-5-13-15(7-12)27-19(22-13)23-8-10-6-11(9-23)17(18(21)26)24-14(10)2-1-3-16(24)25/h4-5,7,10-11,14,17H,1-3,6,8-9H2,(H2,21,26)/t10-,11+,14+,17-/m1/s1. The SMILES string of the molecule is NC(=O)[C@H]1[C@H]2C[C@H](CN(c3nc4ccc(Cl)cc4s3)C2)[C@@H]2CCCC(=O)N21. The van der Waals surface area contributed by atoms with Gasteiger partial charge in [-0.3, -0.25) is 9.59 Å². The summed E-state index contributed by atoms with van der Waals surface area (Å²) in [7, 11) is 0. The first-order valence-electron chi connectivity index (χ1n) is 9.43. The Balaban J connectivity index is 1.49. The molecule has 8 heteroatoms. The molecule has 2 bridgehead atoms. The topological polar surface area (TPSA) is 79.5 Å². The van der Waals surface area contributed by atoms with E-state index in [2.05, 4.69) is 4.90 Å². The summed E-state index contributed by atoms with van der Waals surface area (Å²) in [6.07, 6.45) is 3.33. The van der Waals surface area contributed by atoms with Crippen LogP contribution >= 0.6 is 22.9 Å². The predicted molar refractivity (Wildman–Crippen MR) is 106 cm³/mol. The van der Waals surface area contributed by atoms with Gasteiger partial charge in [-0.2, -0.15) is 0 Å². The van der Waals surface area contributed by atoms with E-state index in [0.29, 0.717) is 23.9 Å². The molecule has 1 aromatic heterocycles. The van der Waals surface area contributed by atoms with Crippen molar-refractivity contribution in [1.29, 1.82) is 0 Å². The highest BCUT2D eigenvalue weighted by atomic mass is 35.5. The number of rotatable bonds is 2. The molecular formula is C19H21ClN4O2S. The molecule has 0 radical (unpaired) electrons. The number of aromatic nitrogens is 1. The number of thiazole rings is 1. The lowest BCUT2D eigenvalue weighted by atomic mass is 9.72. The summed E-state index contributed by atoms with van der Waals surface area (Å²) in [6.45, 7) is 1.57. The monoisotopic (exact) mass is 404 g/mol. The molecule has 5 rings (SSSR count). The fraction of sp³-hybridized carbons (Fsp3) is 0.526. The van der Waals surface area contributed by atoms with Crippen molar-refractivity contribution in [2.45, 2.75) is 37.8 Å². The number of anilines is 1. The van der Waals surface area contributed by atoms with Crippen LogP contribution in [0, 0.1) is 11.8 Å². The highest BCUT2D eigenvalue weighted by Gasteiger charge is 2.51. The number of halogens is 1. The zero-order valence-corrected chi connectivity index (χ0v) is 16.4. The van der Waals surface area contributed by atoms with Crippen LogP contribution < -0.4 is 10.6 Å². The van der Waals surface area contributed by atoms with Gasteiger partial charge in [-0.1, -0.05) is 22.9 Å². The van der Waals surface area contributed by atoms with Crippen molar-refractivity contribution in [3.63, 3.8) is 0 Å². The van der Waals surface area contributed by atoms with Gasteiger partial charge in [0.15, 0.2) is 5.13 Å². The second-order valence-electron chi connectivity index (χ2n) is 7.88. The molecule has 142 valence electrons. The summed E-state index contributed by atoms with van der Waals surface area (Å²) in [5.74, 6) is 0.138. The number of amides is 2. The first kappa shape index (κ1) is 17.3. The van der Waals surface area contributed by atoms with Gasteiger partial charge in [-0.25, -0.2) is 4.98 Å². The average Bonchev–Trinajstić information content (AvgIpc) is 3.05. The van der Waals surface area contributed by atoms with Crippen molar-refractivity contribution in [3.8, 4) is 0 Å². The quantitative estimate of drug-likeness (QED) is 0.834. The van der Waals surface area contributed by atoms with Crippen molar-refractivity contribution < 1.29 is 9.59 Å². The second kappa shape index (κ2) is 6.34. The number of hydrogen-bond donors (Lipinski definition) is 1. The number of fused-ring (bicyclic) bond motifs is 5. The largest absolute Gasteiger partial charge is 0.368 e. The van der Waals surface area contributed by atoms with Gasteiger partial charge in [0.1, 0.15) is 6.04 Å². The Hall–Kier alpha value is -1.86. The predicted octanol–water partition coefficient (Wildman–Crippen LogP) is 2.64. The number of nitrogens with two attached hydrogens (primary N) is 1. The Morgan fingerprint density at radius 3 is 2.93 bits per heavy atom. The number of hydrogen-bond acceptors (Lipinski definition) is 5. The Kier molecular flexibility index (Phi) is 4.05. The third-order valence-electron chi connectivity index (χ3n) is 6.24. The van der Waals surface area contributed by atoms with Crippen LogP contribution in [0.4, 0.5) is 5.13 Å². The summed E-state index contributed by atoms with van der Waals surface area (Å²) in [4.78, 5) is 33.7. The zero-order chi connectivity index (χ0) is 18.7. The molecule has 1 aromatic carbocycles. The number of carbonyl (C=O) groups is 2. The maximum atomic E-state index is 12.6. The molecule has 0 unspecified atom stereocenters. The van der Waals surface area contributed by atoms with Gasteiger partial charge >= 0.3 is 0 Å². The molecular weight excluding hydrogens is 384 g/mol. The van der Waals surface area contributed by atoms with Gasteiger partial charge < -0.3 is 15.5 Å². The maximum Gasteiger partial charge on any atom is 0.240 e. The second-order valence-corrected chi connectivity index (χ2v) is 9.32. The summed E-state index contributed by atoms with van der Waals surface area (Å²) in [6, 6.07) is 5.36. The van der Waals surface area contributed by atoms with Gasteiger partial charge in [-0.05, 0) is 43.4 Å². The number of benzene rings is 1. The fourth-order valence-corrected chi connectivity index (χ4v) is 6.46. The van der Waals surface area contributed by atoms with E-state index in [-0.39, 0.29) is 23.8 Å². The molecule has 0 aliphatic carbocycles. The Bertz CT molecular complexity index is 932. The smallest absolute Gasteiger partial charge is 0.240 e. The average molecular weight is 405 g/mol. The lowest BCUT2D eigenvalue weighted by molar-refractivity contribution is -0.155. The lowest BCUT2D eigenvalue weighted by Gasteiger charge is -2.55. The minimum absolute atomic E-state index is 0.0650. The highest BCUT2D eigenvalue weighted by molar-refractivity contribution is 7.22. The third kappa shape index (κ3) is 2.79. The molecule has 4 atom stereocenters. The van der Waals surface area contributed by atoms with Crippen LogP contribution in [0.1, 0.15) is 25.7 Å². The normalized spacial score (nSPS) is 30.5. The van der Waals surface area contributed by atoms with Gasteiger partial charge in [0.05, 0.1) is 10.2 Å². The van der Waals surface area contributed by atoms with E-state index in [0.717, 1.165) is 41.2 Å². The zero-order valence-electron chi connectivity index (χ0n) is 14.8. The van der Waals surface area contributed by atoms with Crippen molar-refractivity contribution in [2.75, 3.05) is 18.0 Å². The van der Waals surface area contributed by atoms with E-state index >= 15 is 0 Å².